The molecule has 96 valence electrons. The highest BCUT2D eigenvalue weighted by Crippen LogP contribution is 2.20. The predicted octanol–water partition coefficient (Wildman–Crippen LogP) is 1.43. The maximum Gasteiger partial charge on any atom is 0.248 e. The molecule has 18 heavy (non-hydrogen) atoms. The molecule has 6 heteroatoms. The number of hydrogen-bond acceptors (Lipinski definition) is 5. The number of aromatic nitrogens is 3. The molecule has 5 nitrogen and oxygen atoms in total. The fraction of sp³-hybridized carbons (Fsp3) is 0.417. The molecule has 0 spiro atoms. The normalized spacial score (nSPS) is 11.1. The minimum atomic E-state index is -0.120. The summed E-state index contributed by atoms with van der Waals surface area (Å²) in [6, 6.07) is 5.51. The number of nitrogens with one attached hydrogen (secondary N) is 2. The van der Waals surface area contributed by atoms with Crippen LogP contribution in [0.3, 0.4) is 0 Å². The molecule has 0 amide bonds. The lowest BCUT2D eigenvalue weighted by Gasteiger charge is -2.05. The fourth-order valence-corrected chi connectivity index (χ4v) is 2.32. The van der Waals surface area contributed by atoms with Gasteiger partial charge in [-0.15, -0.1) is 10.2 Å². The fourth-order valence-electron chi connectivity index (χ4n) is 1.50. The smallest absolute Gasteiger partial charge is 0.248 e. The minimum Gasteiger partial charge on any atom is -0.320 e. The van der Waals surface area contributed by atoms with Gasteiger partial charge < -0.3 is 10.3 Å². The second-order valence-electron chi connectivity index (χ2n) is 4.29. The van der Waals surface area contributed by atoms with E-state index < -0.39 is 0 Å². The highest BCUT2D eigenvalue weighted by molar-refractivity contribution is 7.14. The molecule has 2 rings (SSSR count). The number of H-pyrrole nitrogens is 1. The van der Waals surface area contributed by atoms with E-state index in [0.717, 1.165) is 28.7 Å². The van der Waals surface area contributed by atoms with Gasteiger partial charge in [0.1, 0.15) is 5.01 Å². The Bertz CT molecular complexity index is 561. The molecule has 2 aromatic rings. The van der Waals surface area contributed by atoms with E-state index in [1.807, 2.05) is 6.07 Å². The lowest BCUT2D eigenvalue weighted by atomic mass is 10.3. The summed E-state index contributed by atoms with van der Waals surface area (Å²) >= 11 is 1.51. The van der Waals surface area contributed by atoms with Crippen molar-refractivity contribution >= 4 is 11.3 Å². The minimum absolute atomic E-state index is 0.120. The molecule has 0 bridgehead atoms. The van der Waals surface area contributed by atoms with Gasteiger partial charge in [0.05, 0.1) is 5.69 Å². The number of hydrogen-bond donors (Lipinski definition) is 2. The zero-order valence-electron chi connectivity index (χ0n) is 10.4. The average Bonchev–Trinajstić information content (AvgIpc) is 2.77. The molecule has 0 aliphatic carbocycles. The molecule has 0 saturated carbocycles. The molecule has 0 aromatic carbocycles. The Hall–Kier alpha value is -1.53. The first-order valence-electron chi connectivity index (χ1n) is 5.90. The number of aromatic amines is 1. The van der Waals surface area contributed by atoms with Crippen molar-refractivity contribution in [2.45, 2.75) is 26.3 Å². The van der Waals surface area contributed by atoms with Crippen LogP contribution in [0.15, 0.2) is 23.0 Å². The number of rotatable bonds is 5. The van der Waals surface area contributed by atoms with Crippen molar-refractivity contribution in [1.82, 2.24) is 20.5 Å². The van der Waals surface area contributed by atoms with Crippen molar-refractivity contribution in [3.8, 4) is 10.7 Å². The molecule has 0 saturated heterocycles. The van der Waals surface area contributed by atoms with Gasteiger partial charge in [0.25, 0.3) is 0 Å². The van der Waals surface area contributed by atoms with Crippen LogP contribution in [-0.2, 0) is 6.42 Å². The summed E-state index contributed by atoms with van der Waals surface area (Å²) in [6.07, 6.45) is 0.854. The molecule has 0 fully saturated rings. The summed E-state index contributed by atoms with van der Waals surface area (Å²) in [5.41, 5.74) is 0.605. The molecular formula is C12H16N4OS. The summed E-state index contributed by atoms with van der Waals surface area (Å²) in [5.74, 6) is 0. The van der Waals surface area contributed by atoms with Crippen molar-refractivity contribution in [1.29, 1.82) is 0 Å². The van der Waals surface area contributed by atoms with Gasteiger partial charge in [-0.05, 0) is 6.07 Å². The largest absolute Gasteiger partial charge is 0.320 e. The van der Waals surface area contributed by atoms with Crippen LogP contribution in [-0.4, -0.2) is 27.8 Å². The predicted molar refractivity (Wildman–Crippen MR) is 72.8 cm³/mol. The van der Waals surface area contributed by atoms with Crippen LogP contribution in [0.5, 0.6) is 0 Å². The molecule has 0 aliphatic heterocycles. The van der Waals surface area contributed by atoms with Crippen LogP contribution in [0.2, 0.25) is 0 Å². The van der Waals surface area contributed by atoms with Gasteiger partial charge >= 0.3 is 0 Å². The van der Waals surface area contributed by atoms with E-state index in [-0.39, 0.29) is 5.56 Å². The first-order valence-corrected chi connectivity index (χ1v) is 6.72. The SMILES string of the molecule is CC(C)NCCc1nnc(-c2cccc(=O)[nH]2)s1. The lowest BCUT2D eigenvalue weighted by Crippen LogP contribution is -2.24. The van der Waals surface area contributed by atoms with Gasteiger partial charge in [-0.3, -0.25) is 4.79 Å². The van der Waals surface area contributed by atoms with Crippen LogP contribution < -0.4 is 10.9 Å². The van der Waals surface area contributed by atoms with Gasteiger partial charge in [0.2, 0.25) is 5.56 Å². The lowest BCUT2D eigenvalue weighted by molar-refractivity contribution is 0.588. The van der Waals surface area contributed by atoms with E-state index in [0.29, 0.717) is 6.04 Å². The first kappa shape index (κ1) is 12.9. The zero-order chi connectivity index (χ0) is 13.0. The Kier molecular flexibility index (Phi) is 4.22. The molecule has 2 heterocycles. The van der Waals surface area contributed by atoms with Gasteiger partial charge in [-0.25, -0.2) is 0 Å². The Balaban J connectivity index is 2.04. The van der Waals surface area contributed by atoms with Crippen LogP contribution in [0.4, 0.5) is 0 Å². The summed E-state index contributed by atoms with van der Waals surface area (Å²) < 4.78 is 0. The van der Waals surface area contributed by atoms with Gasteiger partial charge in [-0.2, -0.15) is 0 Å². The zero-order valence-corrected chi connectivity index (χ0v) is 11.3. The quantitative estimate of drug-likeness (QED) is 0.857. The van der Waals surface area contributed by atoms with Crippen molar-refractivity contribution in [2.24, 2.45) is 0 Å². The first-order chi connectivity index (χ1) is 8.65. The second kappa shape index (κ2) is 5.88. The molecule has 0 aliphatic rings. The second-order valence-corrected chi connectivity index (χ2v) is 5.35. The molecule has 0 unspecified atom stereocenters. The maximum atomic E-state index is 11.2. The Morgan fingerprint density at radius 2 is 2.22 bits per heavy atom. The molecule has 0 radical (unpaired) electrons. The Labute approximate surface area is 109 Å². The molecule has 0 atom stereocenters. The molecule has 2 aromatic heterocycles. The van der Waals surface area contributed by atoms with E-state index in [1.54, 1.807) is 6.07 Å². The Morgan fingerprint density at radius 1 is 1.39 bits per heavy atom. The van der Waals surface area contributed by atoms with Crippen molar-refractivity contribution in [3.63, 3.8) is 0 Å². The van der Waals surface area contributed by atoms with Crippen LogP contribution >= 0.6 is 11.3 Å². The van der Waals surface area contributed by atoms with Crippen molar-refractivity contribution in [3.05, 3.63) is 33.6 Å². The summed E-state index contributed by atoms with van der Waals surface area (Å²) in [7, 11) is 0. The number of nitrogens with zero attached hydrogens (tertiary/aromatic N) is 2. The van der Waals surface area contributed by atoms with Crippen molar-refractivity contribution in [2.75, 3.05) is 6.54 Å². The number of pyridine rings is 1. The summed E-state index contributed by atoms with van der Waals surface area (Å²) in [5, 5.41) is 13.3. The van der Waals surface area contributed by atoms with E-state index in [2.05, 4.69) is 34.3 Å². The van der Waals surface area contributed by atoms with E-state index in [1.165, 1.54) is 17.4 Å². The van der Waals surface area contributed by atoms with E-state index >= 15 is 0 Å². The van der Waals surface area contributed by atoms with E-state index in [9.17, 15) is 4.79 Å². The standard InChI is InChI=1S/C12H16N4OS/c1-8(2)13-7-6-11-15-16-12(18-11)9-4-3-5-10(17)14-9/h3-5,8,13H,6-7H2,1-2H3,(H,14,17). The van der Waals surface area contributed by atoms with Crippen LogP contribution in [0.1, 0.15) is 18.9 Å². The topological polar surface area (TPSA) is 70.7 Å². The van der Waals surface area contributed by atoms with Gasteiger partial charge in [0.15, 0.2) is 5.01 Å². The van der Waals surface area contributed by atoms with Crippen LogP contribution in [0.25, 0.3) is 10.7 Å². The highest BCUT2D eigenvalue weighted by atomic mass is 32.1. The summed E-state index contributed by atoms with van der Waals surface area (Å²) in [6.45, 7) is 5.11. The van der Waals surface area contributed by atoms with Crippen LogP contribution in [0, 0.1) is 0 Å². The molecular weight excluding hydrogens is 248 g/mol. The maximum absolute atomic E-state index is 11.2. The third-order valence-electron chi connectivity index (χ3n) is 2.36. The third-order valence-corrected chi connectivity index (χ3v) is 3.37. The van der Waals surface area contributed by atoms with Crippen molar-refractivity contribution < 1.29 is 0 Å². The van der Waals surface area contributed by atoms with Gasteiger partial charge in [-0.1, -0.05) is 31.3 Å². The Morgan fingerprint density at radius 3 is 2.94 bits per heavy atom. The third kappa shape index (κ3) is 3.48. The molecule has 2 N–H and O–H groups in total. The van der Waals surface area contributed by atoms with E-state index in [4.69, 9.17) is 0 Å². The van der Waals surface area contributed by atoms with Gasteiger partial charge in [0, 0.05) is 25.1 Å². The highest BCUT2D eigenvalue weighted by Gasteiger charge is 2.07. The average molecular weight is 264 g/mol. The summed E-state index contributed by atoms with van der Waals surface area (Å²) in [4.78, 5) is 14.0. The monoisotopic (exact) mass is 264 g/mol.